The second-order valence-corrected chi connectivity index (χ2v) is 10.9. The normalized spacial score (nSPS) is 13.5. The van der Waals surface area contributed by atoms with E-state index in [1.54, 1.807) is 0 Å². The molecule has 2 aromatic carbocycles. The van der Waals surface area contributed by atoms with E-state index in [0.717, 1.165) is 38.6 Å². The number of hydrazine groups is 1. The lowest BCUT2D eigenvalue weighted by Crippen LogP contribution is -2.34. The zero-order valence-corrected chi connectivity index (χ0v) is 19.7. The predicted octanol–water partition coefficient (Wildman–Crippen LogP) is 2.44. The molecule has 4 rings (SSSR count). The summed E-state index contributed by atoms with van der Waals surface area (Å²) in [7, 11) is -3.38. The molecule has 0 unspecified atom stereocenters. The van der Waals surface area contributed by atoms with Crippen LogP contribution in [0.4, 0.5) is 0 Å². The molecule has 8 nitrogen and oxygen atoms in total. The number of rotatable bonds is 5. The number of fused-ring (bicyclic) bond motifs is 1. The molecule has 0 radical (unpaired) electrons. The minimum atomic E-state index is -3.38. The lowest BCUT2D eigenvalue weighted by atomic mass is 9.84. The first kappa shape index (κ1) is 22.8. The third-order valence-electron chi connectivity index (χ3n) is 5.52. The van der Waals surface area contributed by atoms with Crippen LogP contribution in [0.3, 0.4) is 0 Å². The van der Waals surface area contributed by atoms with Gasteiger partial charge in [0.2, 0.25) is 10.0 Å². The van der Waals surface area contributed by atoms with E-state index in [1.165, 1.54) is 12.3 Å². The summed E-state index contributed by atoms with van der Waals surface area (Å²) in [5.74, 6) is 0. The summed E-state index contributed by atoms with van der Waals surface area (Å²) in [4.78, 5) is 29.7. The third-order valence-corrected chi connectivity index (χ3v) is 6.00. The Bertz CT molecular complexity index is 1460. The molecule has 0 bridgehead atoms. The highest BCUT2D eigenvalue weighted by Crippen LogP contribution is 2.33. The van der Waals surface area contributed by atoms with Gasteiger partial charge in [-0.25, -0.2) is 17.8 Å². The summed E-state index contributed by atoms with van der Waals surface area (Å²) in [6.45, 7) is 6.23. The molecule has 3 aromatic rings. The molecule has 0 amide bonds. The van der Waals surface area contributed by atoms with Gasteiger partial charge in [-0.2, -0.15) is 0 Å². The van der Waals surface area contributed by atoms with Crippen molar-refractivity contribution in [3.63, 3.8) is 0 Å². The van der Waals surface area contributed by atoms with Crippen LogP contribution in [-0.4, -0.2) is 24.2 Å². The summed E-state index contributed by atoms with van der Waals surface area (Å²) in [6.07, 6.45) is 5.00. The highest BCUT2D eigenvalue weighted by Gasteiger charge is 2.20. The number of hydrogen-bond acceptors (Lipinski definition) is 5. The van der Waals surface area contributed by atoms with E-state index in [0.29, 0.717) is 17.8 Å². The maximum Gasteiger partial charge on any atom is 0.332 e. The first-order chi connectivity index (χ1) is 15.4. The van der Waals surface area contributed by atoms with E-state index in [2.05, 4.69) is 42.1 Å². The van der Waals surface area contributed by atoms with E-state index >= 15 is 0 Å². The van der Waals surface area contributed by atoms with Gasteiger partial charge in [-0.15, -0.1) is 4.83 Å². The largest absolute Gasteiger partial charge is 0.332 e. The Kier molecular flexibility index (Phi) is 5.63. The molecule has 0 saturated carbocycles. The number of sulfonamides is 1. The van der Waals surface area contributed by atoms with Crippen LogP contribution in [-0.2, 0) is 21.9 Å². The van der Waals surface area contributed by atoms with E-state index in [1.807, 2.05) is 36.4 Å². The molecule has 0 saturated heterocycles. The molecule has 1 aliphatic rings. The lowest BCUT2D eigenvalue weighted by Gasteiger charge is -2.22. The van der Waals surface area contributed by atoms with Gasteiger partial charge in [-0.05, 0) is 46.2 Å². The Morgan fingerprint density at radius 3 is 2.42 bits per heavy atom. The van der Waals surface area contributed by atoms with E-state index < -0.39 is 21.3 Å². The van der Waals surface area contributed by atoms with Gasteiger partial charge in [0.05, 0.1) is 17.6 Å². The molecule has 3 N–H and O–H groups in total. The predicted molar refractivity (Wildman–Crippen MR) is 130 cm³/mol. The quantitative estimate of drug-likeness (QED) is 0.500. The zero-order chi connectivity index (χ0) is 24.0. The number of nitrogens with one attached hydrogen (secondary N) is 3. The number of allylic oxidation sites excluding steroid dienone is 1. The van der Waals surface area contributed by atoms with Gasteiger partial charge in [-0.1, -0.05) is 51.1 Å². The second kappa shape index (κ2) is 8.17. The Balaban J connectivity index is 1.79. The van der Waals surface area contributed by atoms with Crippen LogP contribution in [0.1, 0.15) is 37.5 Å². The van der Waals surface area contributed by atoms with Crippen molar-refractivity contribution in [3.05, 3.63) is 92.3 Å². The van der Waals surface area contributed by atoms with Gasteiger partial charge < -0.3 is 10.4 Å². The summed E-state index contributed by atoms with van der Waals surface area (Å²) < 4.78 is 23.9. The number of benzene rings is 2. The lowest BCUT2D eigenvalue weighted by molar-refractivity contribution is 0.582. The summed E-state index contributed by atoms with van der Waals surface area (Å²) in [5.41, 5.74) is 7.63. The molecule has 1 heterocycles. The fourth-order valence-corrected chi connectivity index (χ4v) is 4.10. The van der Waals surface area contributed by atoms with Crippen molar-refractivity contribution in [2.24, 2.45) is 0 Å². The molecule has 0 spiro atoms. The second-order valence-electron chi connectivity index (χ2n) is 9.17. The maximum absolute atomic E-state index is 12.5. The molecule has 33 heavy (non-hydrogen) atoms. The number of aromatic amines is 1. The SMILES string of the molecule is CC(C)(C)c1cc(-c2ccc3c(c2)CC=C3NNS(C)(=O)=O)cc(-n2c(=O)cc[nH]c2=O)c1. The van der Waals surface area contributed by atoms with Crippen molar-refractivity contribution in [3.8, 4) is 16.8 Å². The van der Waals surface area contributed by atoms with Crippen LogP contribution in [0.15, 0.2) is 64.3 Å². The minimum absolute atomic E-state index is 0.206. The molecule has 172 valence electrons. The summed E-state index contributed by atoms with van der Waals surface area (Å²) >= 11 is 0. The molecular weight excluding hydrogens is 440 g/mol. The van der Waals surface area contributed by atoms with Crippen molar-refractivity contribution in [2.45, 2.75) is 32.6 Å². The van der Waals surface area contributed by atoms with Crippen molar-refractivity contribution < 1.29 is 8.42 Å². The number of hydrogen-bond donors (Lipinski definition) is 3. The third kappa shape index (κ3) is 4.84. The highest BCUT2D eigenvalue weighted by molar-refractivity contribution is 7.88. The van der Waals surface area contributed by atoms with Gasteiger partial charge in [0.1, 0.15) is 0 Å². The van der Waals surface area contributed by atoms with Crippen LogP contribution < -0.4 is 21.5 Å². The smallest absolute Gasteiger partial charge is 0.314 e. The Hall–Kier alpha value is -3.43. The van der Waals surface area contributed by atoms with Crippen molar-refractivity contribution in [1.82, 2.24) is 19.8 Å². The summed E-state index contributed by atoms with van der Waals surface area (Å²) in [6, 6.07) is 13.0. The maximum atomic E-state index is 12.5. The molecule has 0 aliphatic heterocycles. The Labute approximate surface area is 192 Å². The molecule has 1 aliphatic carbocycles. The fraction of sp³-hybridized carbons (Fsp3) is 0.250. The number of aromatic nitrogens is 2. The topological polar surface area (TPSA) is 113 Å². The minimum Gasteiger partial charge on any atom is -0.314 e. The average molecular weight is 467 g/mol. The summed E-state index contributed by atoms with van der Waals surface area (Å²) in [5, 5.41) is 0. The van der Waals surface area contributed by atoms with Gasteiger partial charge >= 0.3 is 5.69 Å². The van der Waals surface area contributed by atoms with Crippen LogP contribution >= 0.6 is 0 Å². The molecule has 0 fully saturated rings. The number of H-pyrrole nitrogens is 1. The van der Waals surface area contributed by atoms with Gasteiger partial charge in [0.15, 0.2) is 0 Å². The number of nitrogens with zero attached hydrogens (tertiary/aromatic N) is 1. The van der Waals surface area contributed by atoms with Crippen LogP contribution in [0, 0.1) is 0 Å². The molecule has 9 heteroatoms. The molecule has 1 aromatic heterocycles. The Morgan fingerprint density at radius 1 is 1.00 bits per heavy atom. The van der Waals surface area contributed by atoms with E-state index in [4.69, 9.17) is 0 Å². The molecular formula is C24H26N4O4S. The van der Waals surface area contributed by atoms with Crippen LogP contribution in [0.25, 0.3) is 22.5 Å². The van der Waals surface area contributed by atoms with Gasteiger partial charge in [-0.3, -0.25) is 4.79 Å². The van der Waals surface area contributed by atoms with Crippen molar-refractivity contribution >= 4 is 15.7 Å². The standard InChI is InChI=1S/C24H26N4O4S/c1-24(2,3)18-12-17(13-19(14-18)28-22(29)9-10-25-23(28)30)15-5-7-20-16(11-15)6-8-21(20)26-27-33(4,31)32/h5,7-14,26-27H,6H2,1-4H3,(H,25,30). The fourth-order valence-electron chi connectivity index (χ4n) is 3.80. The van der Waals surface area contributed by atoms with Gasteiger partial charge in [0.25, 0.3) is 5.56 Å². The highest BCUT2D eigenvalue weighted by atomic mass is 32.2. The van der Waals surface area contributed by atoms with Gasteiger partial charge in [0, 0.05) is 17.8 Å². The van der Waals surface area contributed by atoms with Crippen molar-refractivity contribution in [1.29, 1.82) is 0 Å². The first-order valence-electron chi connectivity index (χ1n) is 10.5. The monoisotopic (exact) mass is 466 g/mol. The zero-order valence-electron chi connectivity index (χ0n) is 18.9. The average Bonchev–Trinajstić information content (AvgIpc) is 3.13. The molecule has 0 atom stereocenters. The van der Waals surface area contributed by atoms with Crippen molar-refractivity contribution in [2.75, 3.05) is 6.26 Å². The van der Waals surface area contributed by atoms with Crippen LogP contribution in [0.2, 0.25) is 0 Å². The first-order valence-corrected chi connectivity index (χ1v) is 12.3. The Morgan fingerprint density at radius 2 is 1.76 bits per heavy atom. The van der Waals surface area contributed by atoms with E-state index in [-0.39, 0.29) is 5.41 Å². The van der Waals surface area contributed by atoms with Crippen LogP contribution in [0.5, 0.6) is 0 Å². The van der Waals surface area contributed by atoms with E-state index in [9.17, 15) is 18.0 Å².